The molecule has 20 heavy (non-hydrogen) atoms. The van der Waals surface area contributed by atoms with Crippen LogP contribution in [0.15, 0.2) is 18.2 Å². The number of benzene rings is 1. The molecule has 2 N–H and O–H groups in total. The Kier molecular flexibility index (Phi) is 7.04. The van der Waals surface area contributed by atoms with Gasteiger partial charge in [-0.1, -0.05) is 11.6 Å². The van der Waals surface area contributed by atoms with Crippen LogP contribution in [0.1, 0.15) is 36.5 Å². The Balaban J connectivity index is 0.00000200. The molecule has 0 bridgehead atoms. The molecule has 2 rings (SSSR count). The van der Waals surface area contributed by atoms with Gasteiger partial charge in [-0.25, -0.2) is 0 Å². The van der Waals surface area contributed by atoms with E-state index in [4.69, 9.17) is 17.3 Å². The molecule has 1 amide bonds. The molecule has 1 saturated heterocycles. The van der Waals surface area contributed by atoms with Crippen molar-refractivity contribution < 1.29 is 4.79 Å². The van der Waals surface area contributed by atoms with Gasteiger partial charge in [0.15, 0.2) is 0 Å². The molecule has 1 aliphatic rings. The summed E-state index contributed by atoms with van der Waals surface area (Å²) in [5.74, 6) is 0.0419. The number of rotatable bonds is 2. The zero-order valence-corrected chi connectivity index (χ0v) is 15.0. The average molecular weight is 429 g/mol. The Morgan fingerprint density at radius 1 is 1.50 bits per heavy atom. The molecular formula is C14H19Cl2IN2O. The quantitative estimate of drug-likeness (QED) is 0.730. The molecule has 1 aliphatic heterocycles. The smallest absolute Gasteiger partial charge is 0.254 e. The second-order valence-electron chi connectivity index (χ2n) is 5.05. The van der Waals surface area contributed by atoms with Crippen LogP contribution in [0.5, 0.6) is 0 Å². The second-order valence-corrected chi connectivity index (χ2v) is 6.62. The SMILES string of the molecule is CC(N)C1CCCCN1C(=O)c1ccc(I)c(Cl)c1.Cl. The summed E-state index contributed by atoms with van der Waals surface area (Å²) in [5.41, 5.74) is 6.66. The molecule has 3 nitrogen and oxygen atoms in total. The largest absolute Gasteiger partial charge is 0.334 e. The first-order valence-electron chi connectivity index (χ1n) is 6.52. The van der Waals surface area contributed by atoms with Crippen LogP contribution in [-0.2, 0) is 0 Å². The van der Waals surface area contributed by atoms with Crippen molar-refractivity contribution in [3.05, 3.63) is 32.4 Å². The summed E-state index contributed by atoms with van der Waals surface area (Å²) in [6.45, 7) is 2.76. The standard InChI is InChI=1S/C14H18ClIN2O.ClH/c1-9(17)13-4-2-3-7-18(13)14(19)10-5-6-12(16)11(15)8-10;/h5-6,8-9,13H,2-4,7,17H2,1H3;1H. The summed E-state index contributed by atoms with van der Waals surface area (Å²) in [6, 6.07) is 5.60. The van der Waals surface area contributed by atoms with Crippen LogP contribution >= 0.6 is 46.6 Å². The molecular weight excluding hydrogens is 410 g/mol. The van der Waals surface area contributed by atoms with Gasteiger partial charge in [0.2, 0.25) is 0 Å². The normalized spacial score (nSPS) is 20.2. The molecule has 1 heterocycles. The third-order valence-corrected chi connectivity index (χ3v) is 5.16. The van der Waals surface area contributed by atoms with Crippen LogP contribution in [0, 0.1) is 3.57 Å². The maximum Gasteiger partial charge on any atom is 0.254 e. The summed E-state index contributed by atoms with van der Waals surface area (Å²) >= 11 is 8.25. The van der Waals surface area contributed by atoms with Gasteiger partial charge in [-0.3, -0.25) is 4.79 Å². The fourth-order valence-electron chi connectivity index (χ4n) is 2.55. The molecule has 1 fully saturated rings. The molecule has 2 unspecified atom stereocenters. The average Bonchev–Trinajstić information content (AvgIpc) is 2.41. The number of halogens is 3. The highest BCUT2D eigenvalue weighted by molar-refractivity contribution is 14.1. The van der Waals surface area contributed by atoms with E-state index in [1.165, 1.54) is 0 Å². The number of carbonyl (C=O) groups is 1. The van der Waals surface area contributed by atoms with E-state index in [2.05, 4.69) is 22.6 Å². The molecule has 6 heteroatoms. The van der Waals surface area contributed by atoms with Gasteiger partial charge in [0, 0.05) is 27.8 Å². The number of carbonyl (C=O) groups excluding carboxylic acids is 1. The monoisotopic (exact) mass is 428 g/mol. The molecule has 0 aliphatic carbocycles. The summed E-state index contributed by atoms with van der Waals surface area (Å²) in [5, 5.41) is 0.626. The molecule has 0 aromatic heterocycles. The first kappa shape index (κ1) is 18.0. The van der Waals surface area contributed by atoms with E-state index in [0.717, 1.165) is 29.4 Å². The number of hydrogen-bond acceptors (Lipinski definition) is 2. The predicted molar refractivity (Wildman–Crippen MR) is 93.7 cm³/mol. The lowest BCUT2D eigenvalue weighted by molar-refractivity contribution is 0.0584. The maximum atomic E-state index is 12.6. The number of likely N-dealkylation sites (tertiary alicyclic amines) is 1. The van der Waals surface area contributed by atoms with Crippen molar-refractivity contribution in [3.8, 4) is 0 Å². The van der Waals surface area contributed by atoms with Gasteiger partial charge < -0.3 is 10.6 Å². The van der Waals surface area contributed by atoms with Gasteiger partial charge in [-0.2, -0.15) is 0 Å². The van der Waals surface area contributed by atoms with Crippen molar-refractivity contribution in [3.63, 3.8) is 0 Å². The Bertz CT molecular complexity index is 482. The number of piperidine rings is 1. The van der Waals surface area contributed by atoms with Gasteiger partial charge in [-0.05, 0) is 67.0 Å². The minimum atomic E-state index is 0. The second kappa shape index (κ2) is 7.82. The number of nitrogens with two attached hydrogens (primary N) is 1. The van der Waals surface area contributed by atoms with Gasteiger partial charge in [0.25, 0.3) is 5.91 Å². The fraction of sp³-hybridized carbons (Fsp3) is 0.500. The van der Waals surface area contributed by atoms with Gasteiger partial charge in [0.1, 0.15) is 0 Å². The van der Waals surface area contributed by atoms with E-state index in [0.29, 0.717) is 10.6 Å². The van der Waals surface area contributed by atoms with E-state index in [-0.39, 0.29) is 30.4 Å². The minimum Gasteiger partial charge on any atom is -0.334 e. The Labute approximate surface area is 144 Å². The number of nitrogens with zero attached hydrogens (tertiary/aromatic N) is 1. The van der Waals surface area contributed by atoms with Gasteiger partial charge in [-0.15, -0.1) is 12.4 Å². The van der Waals surface area contributed by atoms with Crippen LogP contribution in [-0.4, -0.2) is 29.4 Å². The predicted octanol–water partition coefficient (Wildman–Crippen LogP) is 3.71. The van der Waals surface area contributed by atoms with Crippen LogP contribution in [0.4, 0.5) is 0 Å². The zero-order valence-electron chi connectivity index (χ0n) is 11.3. The van der Waals surface area contributed by atoms with Crippen LogP contribution in [0.3, 0.4) is 0 Å². The van der Waals surface area contributed by atoms with Gasteiger partial charge >= 0.3 is 0 Å². The molecule has 112 valence electrons. The van der Waals surface area contributed by atoms with Crippen LogP contribution < -0.4 is 5.73 Å². The van der Waals surface area contributed by atoms with E-state index in [9.17, 15) is 4.79 Å². The van der Waals surface area contributed by atoms with Crippen molar-refractivity contribution in [1.82, 2.24) is 4.90 Å². The molecule has 1 aromatic rings. The Hall–Kier alpha value is -0.0400. The summed E-state index contributed by atoms with van der Waals surface area (Å²) in [7, 11) is 0. The highest BCUT2D eigenvalue weighted by atomic mass is 127. The number of hydrogen-bond donors (Lipinski definition) is 1. The lowest BCUT2D eigenvalue weighted by Gasteiger charge is -2.38. The van der Waals surface area contributed by atoms with E-state index < -0.39 is 0 Å². The topological polar surface area (TPSA) is 46.3 Å². The highest BCUT2D eigenvalue weighted by Crippen LogP contribution is 2.24. The van der Waals surface area contributed by atoms with Crippen molar-refractivity contribution in [2.24, 2.45) is 5.73 Å². The highest BCUT2D eigenvalue weighted by Gasteiger charge is 2.29. The molecule has 0 spiro atoms. The molecule has 0 radical (unpaired) electrons. The lowest BCUT2D eigenvalue weighted by atomic mass is 9.96. The Morgan fingerprint density at radius 3 is 2.80 bits per heavy atom. The Morgan fingerprint density at radius 2 is 2.20 bits per heavy atom. The van der Waals surface area contributed by atoms with Crippen molar-refractivity contribution >= 4 is 52.5 Å². The summed E-state index contributed by atoms with van der Waals surface area (Å²) < 4.78 is 0.957. The summed E-state index contributed by atoms with van der Waals surface area (Å²) in [4.78, 5) is 14.5. The van der Waals surface area contributed by atoms with E-state index in [1.54, 1.807) is 6.07 Å². The minimum absolute atomic E-state index is 0. The third-order valence-electron chi connectivity index (χ3n) is 3.58. The molecule has 1 aromatic carbocycles. The van der Waals surface area contributed by atoms with Crippen molar-refractivity contribution in [1.29, 1.82) is 0 Å². The fourth-order valence-corrected chi connectivity index (χ4v) is 3.07. The van der Waals surface area contributed by atoms with Crippen LogP contribution in [0.25, 0.3) is 0 Å². The van der Waals surface area contributed by atoms with Gasteiger partial charge in [0.05, 0.1) is 5.02 Å². The molecule has 2 atom stereocenters. The van der Waals surface area contributed by atoms with E-state index >= 15 is 0 Å². The van der Waals surface area contributed by atoms with Crippen LogP contribution in [0.2, 0.25) is 5.02 Å². The van der Waals surface area contributed by atoms with Crippen molar-refractivity contribution in [2.45, 2.75) is 38.3 Å². The maximum absolute atomic E-state index is 12.6. The van der Waals surface area contributed by atoms with Crippen molar-refractivity contribution in [2.75, 3.05) is 6.54 Å². The van der Waals surface area contributed by atoms with E-state index in [1.807, 2.05) is 24.0 Å². The number of amides is 1. The zero-order chi connectivity index (χ0) is 14.0. The first-order chi connectivity index (χ1) is 9.00. The lowest BCUT2D eigenvalue weighted by Crippen LogP contribution is -2.51. The first-order valence-corrected chi connectivity index (χ1v) is 7.98. The molecule has 0 saturated carbocycles. The third kappa shape index (κ3) is 4.00. The summed E-state index contributed by atoms with van der Waals surface area (Å²) in [6.07, 6.45) is 3.18.